The molecule has 90 valence electrons. The maximum Gasteiger partial charge on any atom is 0.227 e. The molecule has 0 radical (unpaired) electrons. The number of rotatable bonds is 2. The molecule has 1 unspecified atom stereocenters. The Hall–Kier alpha value is -1.18. The van der Waals surface area contributed by atoms with Crippen LogP contribution in [0.3, 0.4) is 0 Å². The van der Waals surface area contributed by atoms with Crippen molar-refractivity contribution in [2.75, 3.05) is 11.4 Å². The van der Waals surface area contributed by atoms with Gasteiger partial charge in [0.2, 0.25) is 11.8 Å². The van der Waals surface area contributed by atoms with E-state index in [0.717, 1.165) is 3.57 Å². The first-order valence-corrected chi connectivity index (χ1v) is 6.11. The number of benzene rings is 1. The van der Waals surface area contributed by atoms with Crippen molar-refractivity contribution in [2.45, 2.75) is 6.42 Å². The Balaban J connectivity index is 2.29. The molecule has 0 aliphatic carbocycles. The van der Waals surface area contributed by atoms with Crippen molar-refractivity contribution in [3.8, 4) is 0 Å². The quantitative estimate of drug-likeness (QED) is 0.819. The summed E-state index contributed by atoms with van der Waals surface area (Å²) in [5.41, 5.74) is 5.36. The standard InChI is InChI=1S/C11H10FIN2O2/c12-8-4-7(13)1-2-9(8)15-5-6(11(14)17)3-10(15)16/h1-2,4,6H,3,5H2,(H2,14,17). The lowest BCUT2D eigenvalue weighted by Gasteiger charge is -2.17. The Labute approximate surface area is 111 Å². The molecular formula is C11H10FIN2O2. The fourth-order valence-corrected chi connectivity index (χ4v) is 2.28. The fraction of sp³-hybridized carbons (Fsp3) is 0.273. The summed E-state index contributed by atoms with van der Waals surface area (Å²) < 4.78 is 14.4. The first-order chi connectivity index (χ1) is 7.99. The van der Waals surface area contributed by atoms with Crippen LogP contribution in [0.25, 0.3) is 0 Å². The lowest BCUT2D eigenvalue weighted by atomic mass is 10.1. The molecule has 0 saturated carbocycles. The number of nitrogens with two attached hydrogens (primary N) is 1. The van der Waals surface area contributed by atoms with Crippen molar-refractivity contribution < 1.29 is 14.0 Å². The van der Waals surface area contributed by atoms with Gasteiger partial charge in [0.05, 0.1) is 11.6 Å². The predicted octanol–water partition coefficient (Wildman–Crippen LogP) is 1.27. The molecule has 0 aromatic heterocycles. The smallest absolute Gasteiger partial charge is 0.227 e. The van der Waals surface area contributed by atoms with Crippen LogP contribution < -0.4 is 10.6 Å². The summed E-state index contributed by atoms with van der Waals surface area (Å²) in [7, 11) is 0. The van der Waals surface area contributed by atoms with E-state index in [1.165, 1.54) is 11.0 Å². The van der Waals surface area contributed by atoms with Gasteiger partial charge in [-0.1, -0.05) is 0 Å². The first-order valence-electron chi connectivity index (χ1n) is 5.04. The molecule has 1 aromatic carbocycles. The molecule has 17 heavy (non-hydrogen) atoms. The second-order valence-electron chi connectivity index (χ2n) is 3.90. The number of nitrogens with zero attached hydrogens (tertiary/aromatic N) is 1. The van der Waals surface area contributed by atoms with Crippen LogP contribution in [0.5, 0.6) is 0 Å². The Morgan fingerprint density at radius 2 is 2.24 bits per heavy atom. The number of carbonyl (C=O) groups is 2. The molecule has 0 bridgehead atoms. The highest BCUT2D eigenvalue weighted by atomic mass is 127. The number of carbonyl (C=O) groups excluding carboxylic acids is 2. The van der Waals surface area contributed by atoms with E-state index in [-0.39, 0.29) is 24.6 Å². The molecule has 1 aromatic rings. The van der Waals surface area contributed by atoms with Crippen molar-refractivity contribution in [2.24, 2.45) is 11.7 Å². The number of halogens is 2. The first kappa shape index (κ1) is 12.3. The molecule has 2 rings (SSSR count). The summed E-state index contributed by atoms with van der Waals surface area (Å²) in [5.74, 6) is -1.78. The molecule has 1 heterocycles. The molecule has 2 N–H and O–H groups in total. The second kappa shape index (κ2) is 4.59. The summed E-state index contributed by atoms with van der Waals surface area (Å²) in [6.45, 7) is 0.158. The van der Waals surface area contributed by atoms with Crippen molar-refractivity contribution in [3.63, 3.8) is 0 Å². The van der Waals surface area contributed by atoms with Crippen LogP contribution in [0, 0.1) is 15.3 Å². The van der Waals surface area contributed by atoms with Crippen LogP contribution >= 0.6 is 22.6 Å². The van der Waals surface area contributed by atoms with E-state index in [2.05, 4.69) is 0 Å². The molecule has 4 nitrogen and oxygen atoms in total. The molecule has 1 atom stereocenters. The molecule has 1 fully saturated rings. The highest BCUT2D eigenvalue weighted by Crippen LogP contribution is 2.28. The molecule has 0 spiro atoms. The zero-order valence-electron chi connectivity index (χ0n) is 8.82. The van der Waals surface area contributed by atoms with Gasteiger partial charge < -0.3 is 10.6 Å². The monoisotopic (exact) mass is 348 g/mol. The average Bonchev–Trinajstić information content (AvgIpc) is 2.61. The van der Waals surface area contributed by atoms with Gasteiger partial charge in [0.25, 0.3) is 0 Å². The average molecular weight is 348 g/mol. The fourth-order valence-electron chi connectivity index (χ4n) is 1.83. The van der Waals surface area contributed by atoms with E-state index in [0.29, 0.717) is 0 Å². The normalized spacial score (nSPS) is 19.8. The number of primary amides is 1. The Kier molecular flexibility index (Phi) is 3.32. The van der Waals surface area contributed by atoms with E-state index in [4.69, 9.17) is 5.73 Å². The minimum Gasteiger partial charge on any atom is -0.369 e. The highest BCUT2D eigenvalue weighted by Gasteiger charge is 2.34. The SMILES string of the molecule is NC(=O)C1CC(=O)N(c2ccc(I)cc2F)C1. The molecule has 1 aliphatic heterocycles. The van der Waals surface area contributed by atoms with Crippen LogP contribution in [0.1, 0.15) is 6.42 Å². The largest absolute Gasteiger partial charge is 0.369 e. The summed E-state index contributed by atoms with van der Waals surface area (Å²) in [5, 5.41) is 0. The van der Waals surface area contributed by atoms with Crippen molar-refractivity contribution in [3.05, 3.63) is 27.6 Å². The van der Waals surface area contributed by atoms with Gasteiger partial charge >= 0.3 is 0 Å². The van der Waals surface area contributed by atoms with Crippen LogP contribution in [0.15, 0.2) is 18.2 Å². The third kappa shape index (κ3) is 2.41. The van der Waals surface area contributed by atoms with Crippen LogP contribution in [-0.4, -0.2) is 18.4 Å². The summed E-state index contributed by atoms with van der Waals surface area (Å²) >= 11 is 1.99. The van der Waals surface area contributed by atoms with Gasteiger partial charge in [-0.15, -0.1) is 0 Å². The lowest BCUT2D eigenvalue weighted by Crippen LogP contribution is -2.29. The minimum absolute atomic E-state index is 0.0563. The topological polar surface area (TPSA) is 63.4 Å². The van der Waals surface area contributed by atoms with Crippen LogP contribution in [0.2, 0.25) is 0 Å². The van der Waals surface area contributed by atoms with Gasteiger partial charge in [-0.05, 0) is 40.8 Å². The van der Waals surface area contributed by atoms with Gasteiger partial charge in [0, 0.05) is 16.5 Å². The van der Waals surface area contributed by atoms with Crippen LogP contribution in [-0.2, 0) is 9.59 Å². The molecular weight excluding hydrogens is 338 g/mol. The number of hydrogen-bond acceptors (Lipinski definition) is 2. The molecule has 6 heteroatoms. The summed E-state index contributed by atoms with van der Waals surface area (Å²) in [4.78, 5) is 24.0. The summed E-state index contributed by atoms with van der Waals surface area (Å²) in [6, 6.07) is 4.60. The van der Waals surface area contributed by atoms with Gasteiger partial charge in [0.15, 0.2) is 0 Å². The molecule has 1 aliphatic rings. The zero-order valence-corrected chi connectivity index (χ0v) is 11.0. The number of hydrogen-bond donors (Lipinski definition) is 1. The zero-order chi connectivity index (χ0) is 12.6. The van der Waals surface area contributed by atoms with E-state index in [1.807, 2.05) is 22.6 Å². The van der Waals surface area contributed by atoms with E-state index in [9.17, 15) is 14.0 Å². The Bertz CT molecular complexity index is 492. The second-order valence-corrected chi connectivity index (χ2v) is 5.15. The predicted molar refractivity (Wildman–Crippen MR) is 68.8 cm³/mol. The maximum atomic E-state index is 13.7. The minimum atomic E-state index is -0.527. The van der Waals surface area contributed by atoms with Gasteiger partial charge in [-0.2, -0.15) is 0 Å². The summed E-state index contributed by atoms with van der Waals surface area (Å²) in [6.07, 6.45) is 0.0563. The third-order valence-electron chi connectivity index (χ3n) is 2.73. The van der Waals surface area contributed by atoms with Crippen molar-refractivity contribution >= 4 is 40.1 Å². The van der Waals surface area contributed by atoms with E-state index >= 15 is 0 Å². The van der Waals surface area contributed by atoms with E-state index < -0.39 is 17.6 Å². The number of anilines is 1. The highest BCUT2D eigenvalue weighted by molar-refractivity contribution is 14.1. The molecule has 2 amide bonds. The van der Waals surface area contributed by atoms with Gasteiger partial charge in [-0.3, -0.25) is 9.59 Å². The van der Waals surface area contributed by atoms with Crippen molar-refractivity contribution in [1.82, 2.24) is 0 Å². The molecule has 1 saturated heterocycles. The Morgan fingerprint density at radius 1 is 1.53 bits per heavy atom. The Morgan fingerprint density at radius 3 is 2.76 bits per heavy atom. The van der Waals surface area contributed by atoms with Crippen molar-refractivity contribution in [1.29, 1.82) is 0 Å². The lowest BCUT2D eigenvalue weighted by molar-refractivity contribution is -0.123. The number of amides is 2. The maximum absolute atomic E-state index is 13.7. The van der Waals surface area contributed by atoms with Gasteiger partial charge in [0.1, 0.15) is 5.82 Å². The van der Waals surface area contributed by atoms with E-state index in [1.54, 1.807) is 12.1 Å². The van der Waals surface area contributed by atoms with Gasteiger partial charge in [-0.25, -0.2) is 4.39 Å². The third-order valence-corrected chi connectivity index (χ3v) is 3.40. The van der Waals surface area contributed by atoms with Crippen LogP contribution in [0.4, 0.5) is 10.1 Å².